The summed E-state index contributed by atoms with van der Waals surface area (Å²) in [5.74, 6) is 0. The van der Waals surface area contributed by atoms with Crippen molar-refractivity contribution < 1.29 is 0 Å². The van der Waals surface area contributed by atoms with Crippen LogP contribution in [-0.4, -0.2) is 22.5 Å². The Morgan fingerprint density at radius 2 is 2.12 bits per heavy atom. The van der Waals surface area contributed by atoms with Gasteiger partial charge in [-0.05, 0) is 37.3 Å². The molecule has 3 heterocycles. The Balaban J connectivity index is 2.07. The lowest BCUT2D eigenvalue weighted by atomic mass is 10.0. The van der Waals surface area contributed by atoms with Gasteiger partial charge in [-0.15, -0.1) is 12.6 Å². The summed E-state index contributed by atoms with van der Waals surface area (Å²) >= 11 is 4.63. The first-order valence-corrected chi connectivity index (χ1v) is 5.82. The lowest BCUT2D eigenvalue weighted by Gasteiger charge is -2.19. The van der Waals surface area contributed by atoms with Gasteiger partial charge in [0.1, 0.15) is 0 Å². The highest BCUT2D eigenvalue weighted by molar-refractivity contribution is 7.83. The highest BCUT2D eigenvalue weighted by Gasteiger charge is 2.35. The van der Waals surface area contributed by atoms with Gasteiger partial charge in [0, 0.05) is 23.7 Å². The van der Waals surface area contributed by atoms with E-state index in [1.165, 1.54) is 0 Å². The van der Waals surface area contributed by atoms with Crippen LogP contribution < -0.4 is 0 Å². The van der Waals surface area contributed by atoms with Crippen molar-refractivity contribution in [3.8, 4) is 0 Å². The molecule has 0 saturated carbocycles. The molecule has 1 unspecified atom stereocenters. The molecule has 3 aliphatic heterocycles. The van der Waals surface area contributed by atoms with Gasteiger partial charge in [0.15, 0.2) is 4.87 Å². The van der Waals surface area contributed by atoms with Crippen molar-refractivity contribution >= 4 is 30.3 Å². The second-order valence-electron chi connectivity index (χ2n) is 4.04. The second-order valence-corrected chi connectivity index (χ2v) is 4.72. The molecule has 3 rings (SSSR count). The van der Waals surface area contributed by atoms with E-state index < -0.39 is 4.87 Å². The predicted octanol–water partition coefficient (Wildman–Crippen LogP) is 2.51. The van der Waals surface area contributed by atoms with E-state index in [-0.39, 0.29) is 0 Å². The van der Waals surface area contributed by atoms with E-state index in [4.69, 9.17) is 0 Å². The first-order chi connectivity index (χ1) is 8.19. The third-order valence-electron chi connectivity index (χ3n) is 2.78. The van der Waals surface area contributed by atoms with Crippen molar-refractivity contribution in [2.75, 3.05) is 0 Å². The van der Waals surface area contributed by atoms with Crippen LogP contribution in [0.2, 0.25) is 0 Å². The number of allylic oxidation sites excluding steroid dienone is 4. The molecule has 17 heavy (non-hydrogen) atoms. The Labute approximate surface area is 105 Å². The number of thiol groups is 1. The number of rotatable bonds is 1. The lowest BCUT2D eigenvalue weighted by Crippen LogP contribution is -2.27. The zero-order chi connectivity index (χ0) is 11.9. The van der Waals surface area contributed by atoms with Gasteiger partial charge in [0.2, 0.25) is 0 Å². The van der Waals surface area contributed by atoms with Crippen molar-refractivity contribution in [1.82, 2.24) is 0 Å². The first kappa shape index (κ1) is 10.5. The molecule has 0 aliphatic carbocycles. The summed E-state index contributed by atoms with van der Waals surface area (Å²) in [5.41, 5.74) is 3.71. The van der Waals surface area contributed by atoms with Gasteiger partial charge in [-0.25, -0.2) is 0 Å². The average molecular weight is 241 g/mol. The van der Waals surface area contributed by atoms with Crippen LogP contribution in [-0.2, 0) is 0 Å². The Morgan fingerprint density at radius 3 is 2.76 bits per heavy atom. The van der Waals surface area contributed by atoms with E-state index in [9.17, 15) is 0 Å². The first-order valence-electron chi connectivity index (χ1n) is 5.37. The summed E-state index contributed by atoms with van der Waals surface area (Å²) in [6, 6.07) is 0. The Morgan fingerprint density at radius 1 is 1.24 bits per heavy atom. The Hall–Kier alpha value is -1.68. The van der Waals surface area contributed by atoms with Crippen LogP contribution in [0, 0.1) is 0 Å². The Kier molecular flexibility index (Phi) is 2.26. The van der Waals surface area contributed by atoms with E-state index in [2.05, 4.69) is 27.6 Å². The number of aliphatic imine (C=N–C) groups is 3. The zero-order valence-electron chi connectivity index (χ0n) is 9.33. The summed E-state index contributed by atoms with van der Waals surface area (Å²) in [5, 5.41) is 0. The van der Waals surface area contributed by atoms with Crippen molar-refractivity contribution in [1.29, 1.82) is 0 Å². The fourth-order valence-corrected chi connectivity index (χ4v) is 2.42. The maximum Gasteiger partial charge on any atom is 0.164 e. The molecule has 0 amide bonds. The fourth-order valence-electron chi connectivity index (χ4n) is 2.01. The van der Waals surface area contributed by atoms with E-state index in [0.29, 0.717) is 0 Å². The molecule has 1 atom stereocenters. The van der Waals surface area contributed by atoms with Gasteiger partial charge < -0.3 is 0 Å². The highest BCUT2D eigenvalue weighted by Crippen LogP contribution is 2.33. The van der Waals surface area contributed by atoms with Gasteiger partial charge in [0.05, 0.1) is 11.4 Å². The Bertz CT molecular complexity index is 574. The summed E-state index contributed by atoms with van der Waals surface area (Å²) in [4.78, 5) is 12.5. The third kappa shape index (κ3) is 1.65. The molecule has 0 radical (unpaired) electrons. The molecule has 0 spiro atoms. The highest BCUT2D eigenvalue weighted by atomic mass is 32.1. The lowest BCUT2D eigenvalue weighted by molar-refractivity contribution is 1.03. The SMILES string of the molecule is CC1=NC(S)(C2=NC=CC2=C2C=CC=N2)C=C1. The maximum absolute atomic E-state index is 4.63. The maximum atomic E-state index is 4.63. The minimum atomic E-state index is -0.651. The molecular formula is C13H11N3S. The number of hydrogen-bond acceptors (Lipinski definition) is 4. The van der Waals surface area contributed by atoms with Crippen LogP contribution in [0.4, 0.5) is 0 Å². The van der Waals surface area contributed by atoms with E-state index >= 15 is 0 Å². The molecule has 0 saturated heterocycles. The second kappa shape index (κ2) is 3.67. The normalized spacial score (nSPS) is 33.8. The van der Waals surface area contributed by atoms with E-state index in [1.54, 1.807) is 12.4 Å². The number of nitrogens with zero attached hydrogens (tertiary/aromatic N) is 3. The van der Waals surface area contributed by atoms with Crippen LogP contribution in [0.3, 0.4) is 0 Å². The molecule has 0 aromatic heterocycles. The molecule has 0 bridgehead atoms. The van der Waals surface area contributed by atoms with Crippen molar-refractivity contribution in [3.05, 3.63) is 47.9 Å². The number of hydrogen-bond donors (Lipinski definition) is 1. The molecule has 0 aromatic rings. The standard InChI is InChI=1S/C13H11N3S/c1-9-4-6-13(17,16-9)12-10(5-8-15-12)11-3-2-7-14-11/h2-8,17H,1H3. The quantitative estimate of drug-likeness (QED) is 0.685. The summed E-state index contributed by atoms with van der Waals surface area (Å²) < 4.78 is 0. The van der Waals surface area contributed by atoms with Crippen LogP contribution >= 0.6 is 12.6 Å². The molecule has 3 nitrogen and oxygen atoms in total. The van der Waals surface area contributed by atoms with Gasteiger partial charge in [0.25, 0.3) is 0 Å². The van der Waals surface area contributed by atoms with E-state index in [0.717, 1.165) is 22.7 Å². The minimum Gasteiger partial charge on any atom is -0.262 e. The topological polar surface area (TPSA) is 37.1 Å². The van der Waals surface area contributed by atoms with E-state index in [1.807, 2.05) is 37.3 Å². The van der Waals surface area contributed by atoms with Crippen LogP contribution in [0.5, 0.6) is 0 Å². The molecule has 84 valence electrons. The van der Waals surface area contributed by atoms with Crippen LogP contribution in [0.1, 0.15) is 6.92 Å². The molecular weight excluding hydrogens is 230 g/mol. The summed E-state index contributed by atoms with van der Waals surface area (Å²) in [6.45, 7) is 1.96. The van der Waals surface area contributed by atoms with Gasteiger partial charge in [-0.1, -0.05) is 0 Å². The van der Waals surface area contributed by atoms with Gasteiger partial charge in [-0.3, -0.25) is 15.0 Å². The monoisotopic (exact) mass is 241 g/mol. The smallest absolute Gasteiger partial charge is 0.164 e. The largest absolute Gasteiger partial charge is 0.262 e. The van der Waals surface area contributed by atoms with Crippen molar-refractivity contribution in [3.63, 3.8) is 0 Å². The molecule has 0 N–H and O–H groups in total. The van der Waals surface area contributed by atoms with Crippen LogP contribution in [0.25, 0.3) is 0 Å². The zero-order valence-corrected chi connectivity index (χ0v) is 10.2. The van der Waals surface area contributed by atoms with Gasteiger partial charge >= 0.3 is 0 Å². The van der Waals surface area contributed by atoms with Crippen molar-refractivity contribution in [2.24, 2.45) is 15.0 Å². The fraction of sp³-hybridized carbons (Fsp3) is 0.154. The summed E-state index contributed by atoms with van der Waals surface area (Å²) in [7, 11) is 0. The average Bonchev–Trinajstić information content (AvgIpc) is 2.97. The molecule has 0 fully saturated rings. The van der Waals surface area contributed by atoms with Crippen LogP contribution in [0.15, 0.2) is 62.8 Å². The third-order valence-corrected chi connectivity index (χ3v) is 3.24. The molecule has 3 aliphatic rings. The molecule has 4 heteroatoms. The molecule has 0 aromatic carbocycles. The van der Waals surface area contributed by atoms with Gasteiger partial charge in [-0.2, -0.15) is 0 Å². The predicted molar refractivity (Wildman–Crippen MR) is 75.2 cm³/mol. The van der Waals surface area contributed by atoms with Crippen molar-refractivity contribution in [2.45, 2.75) is 11.8 Å². The minimum absolute atomic E-state index is 0.651. The summed E-state index contributed by atoms with van der Waals surface area (Å²) in [6.07, 6.45) is 13.3.